The zero-order valence-electron chi connectivity index (χ0n) is 11.2. The number of hydrogen-bond donors (Lipinski definition) is 1. The molecule has 0 bridgehead atoms. The second-order valence-electron chi connectivity index (χ2n) is 4.77. The third-order valence-electron chi connectivity index (χ3n) is 3.40. The Bertz CT molecular complexity index is 744. The van der Waals surface area contributed by atoms with E-state index < -0.39 is 0 Å². The van der Waals surface area contributed by atoms with E-state index in [1.54, 1.807) is 6.20 Å². The molecule has 20 heavy (non-hydrogen) atoms. The van der Waals surface area contributed by atoms with Crippen LogP contribution in [0.1, 0.15) is 21.5 Å². The van der Waals surface area contributed by atoms with Gasteiger partial charge in [0.15, 0.2) is 6.29 Å². The first-order valence-corrected chi connectivity index (χ1v) is 6.52. The summed E-state index contributed by atoms with van der Waals surface area (Å²) in [6, 6.07) is 13.9. The van der Waals surface area contributed by atoms with Gasteiger partial charge in [-0.3, -0.25) is 4.79 Å². The van der Waals surface area contributed by atoms with Crippen LogP contribution in [0.4, 0.5) is 0 Å². The Hall–Kier alpha value is -2.55. The molecule has 0 aliphatic rings. The maximum absolute atomic E-state index is 11.1. The van der Waals surface area contributed by atoms with Gasteiger partial charge in [0.05, 0.1) is 10.9 Å². The number of H-pyrrole nitrogens is 1. The molecule has 0 spiro atoms. The van der Waals surface area contributed by atoms with Crippen molar-refractivity contribution < 1.29 is 9.53 Å². The maximum Gasteiger partial charge on any atom is 0.152 e. The first kappa shape index (κ1) is 12.5. The number of carbonyl (C=O) groups is 1. The lowest BCUT2D eigenvalue weighted by molar-refractivity contribution is 0.112. The largest absolute Gasteiger partial charge is 0.488 e. The van der Waals surface area contributed by atoms with Gasteiger partial charge in [0.2, 0.25) is 0 Å². The molecule has 0 saturated heterocycles. The van der Waals surface area contributed by atoms with Crippen LogP contribution in [0.5, 0.6) is 5.75 Å². The molecular formula is C17H15NO2. The van der Waals surface area contributed by atoms with Gasteiger partial charge in [-0.1, -0.05) is 36.4 Å². The number of hydrogen-bond acceptors (Lipinski definition) is 2. The maximum atomic E-state index is 11.1. The molecule has 0 aliphatic heterocycles. The van der Waals surface area contributed by atoms with Crippen LogP contribution < -0.4 is 4.74 Å². The molecule has 0 unspecified atom stereocenters. The summed E-state index contributed by atoms with van der Waals surface area (Å²) < 4.78 is 5.88. The fourth-order valence-corrected chi connectivity index (χ4v) is 2.33. The Labute approximate surface area is 117 Å². The van der Waals surface area contributed by atoms with E-state index in [0.29, 0.717) is 12.2 Å². The van der Waals surface area contributed by atoms with Crippen LogP contribution in [0.2, 0.25) is 0 Å². The Morgan fingerprint density at radius 2 is 1.95 bits per heavy atom. The van der Waals surface area contributed by atoms with Crippen molar-refractivity contribution in [1.29, 1.82) is 0 Å². The van der Waals surface area contributed by atoms with Crippen LogP contribution in [0, 0.1) is 6.92 Å². The number of aldehydes is 1. The highest BCUT2D eigenvalue weighted by atomic mass is 16.5. The third kappa shape index (κ3) is 2.18. The van der Waals surface area contributed by atoms with Crippen molar-refractivity contribution in [3.05, 3.63) is 65.4 Å². The number of aromatic nitrogens is 1. The van der Waals surface area contributed by atoms with Crippen LogP contribution in [0.15, 0.2) is 48.7 Å². The molecule has 0 amide bonds. The average molecular weight is 265 g/mol. The molecule has 1 N–H and O–H groups in total. The molecule has 3 heteroatoms. The van der Waals surface area contributed by atoms with Gasteiger partial charge in [0.25, 0.3) is 0 Å². The lowest BCUT2D eigenvalue weighted by atomic mass is 10.1. The topological polar surface area (TPSA) is 42.1 Å². The molecule has 0 atom stereocenters. The molecule has 100 valence electrons. The van der Waals surface area contributed by atoms with Gasteiger partial charge in [-0.2, -0.15) is 0 Å². The second kappa shape index (κ2) is 5.21. The number of ether oxygens (including phenoxy) is 1. The van der Waals surface area contributed by atoms with E-state index in [1.807, 2.05) is 49.4 Å². The van der Waals surface area contributed by atoms with E-state index in [-0.39, 0.29) is 0 Å². The van der Waals surface area contributed by atoms with Gasteiger partial charge in [0, 0.05) is 11.8 Å². The van der Waals surface area contributed by atoms with E-state index >= 15 is 0 Å². The van der Waals surface area contributed by atoms with E-state index in [2.05, 4.69) is 4.98 Å². The van der Waals surface area contributed by atoms with Gasteiger partial charge in [-0.25, -0.2) is 0 Å². The van der Waals surface area contributed by atoms with Crippen molar-refractivity contribution in [3.8, 4) is 5.75 Å². The molecule has 0 radical (unpaired) electrons. The number of rotatable bonds is 4. The minimum atomic E-state index is 0.489. The van der Waals surface area contributed by atoms with Crippen molar-refractivity contribution >= 4 is 17.2 Å². The molecule has 0 aliphatic carbocycles. The van der Waals surface area contributed by atoms with Gasteiger partial charge in [-0.05, 0) is 24.1 Å². The molecule has 1 aromatic heterocycles. The summed E-state index contributed by atoms with van der Waals surface area (Å²) in [7, 11) is 0. The summed E-state index contributed by atoms with van der Waals surface area (Å²) in [4.78, 5) is 14.3. The predicted octanol–water partition coefficient (Wildman–Crippen LogP) is 3.87. The molecule has 3 aromatic rings. The Kier molecular flexibility index (Phi) is 3.25. The summed E-state index contributed by atoms with van der Waals surface area (Å²) in [5, 5.41) is 0.857. The third-order valence-corrected chi connectivity index (χ3v) is 3.40. The monoisotopic (exact) mass is 265 g/mol. The van der Waals surface area contributed by atoms with Crippen LogP contribution in [0.25, 0.3) is 10.9 Å². The summed E-state index contributed by atoms with van der Waals surface area (Å²) in [5.41, 5.74) is 3.79. The molecule has 1 heterocycles. The van der Waals surface area contributed by atoms with Crippen molar-refractivity contribution in [2.24, 2.45) is 0 Å². The first-order chi connectivity index (χ1) is 9.79. The lowest BCUT2D eigenvalue weighted by Crippen LogP contribution is -1.96. The van der Waals surface area contributed by atoms with Gasteiger partial charge >= 0.3 is 0 Å². The van der Waals surface area contributed by atoms with Crippen LogP contribution in [0.3, 0.4) is 0 Å². The van der Waals surface area contributed by atoms with Gasteiger partial charge in [-0.15, -0.1) is 0 Å². The minimum absolute atomic E-state index is 0.489. The van der Waals surface area contributed by atoms with Crippen molar-refractivity contribution in [3.63, 3.8) is 0 Å². The Morgan fingerprint density at radius 3 is 2.70 bits per heavy atom. The van der Waals surface area contributed by atoms with Crippen molar-refractivity contribution in [2.75, 3.05) is 0 Å². The molecule has 2 aromatic carbocycles. The lowest BCUT2D eigenvalue weighted by Gasteiger charge is -2.09. The Morgan fingerprint density at radius 1 is 1.15 bits per heavy atom. The van der Waals surface area contributed by atoms with Crippen molar-refractivity contribution in [2.45, 2.75) is 13.5 Å². The quantitative estimate of drug-likeness (QED) is 0.728. The number of aromatic amines is 1. The van der Waals surface area contributed by atoms with Gasteiger partial charge < -0.3 is 9.72 Å². The standard InChI is InChI=1S/C17H15NO2/c1-12-7-8-15(16-14(10-19)9-18-17(12)16)20-11-13-5-3-2-4-6-13/h2-10,18H,11H2,1H3. The van der Waals surface area contributed by atoms with Gasteiger partial charge in [0.1, 0.15) is 12.4 Å². The van der Waals surface area contributed by atoms with Crippen molar-refractivity contribution in [1.82, 2.24) is 4.98 Å². The van der Waals surface area contributed by atoms with Crippen LogP contribution in [-0.2, 0) is 6.61 Å². The van der Waals surface area contributed by atoms with Crippen LogP contribution in [-0.4, -0.2) is 11.3 Å². The summed E-state index contributed by atoms with van der Waals surface area (Å²) in [6.07, 6.45) is 2.58. The Balaban J connectivity index is 1.97. The van der Waals surface area contributed by atoms with E-state index in [9.17, 15) is 4.79 Å². The highest BCUT2D eigenvalue weighted by molar-refractivity contribution is 6.02. The summed E-state index contributed by atoms with van der Waals surface area (Å²) in [6.45, 7) is 2.50. The van der Waals surface area contributed by atoms with Crippen LogP contribution >= 0.6 is 0 Å². The zero-order chi connectivity index (χ0) is 13.9. The molecule has 0 saturated carbocycles. The molecule has 3 nitrogen and oxygen atoms in total. The number of nitrogens with one attached hydrogen (secondary N) is 1. The molecule has 3 rings (SSSR count). The van der Waals surface area contributed by atoms with E-state index in [1.165, 1.54) is 0 Å². The highest BCUT2D eigenvalue weighted by Gasteiger charge is 2.11. The number of aryl methyl sites for hydroxylation is 1. The molecule has 0 fully saturated rings. The summed E-state index contributed by atoms with van der Waals surface area (Å²) >= 11 is 0. The number of benzene rings is 2. The fraction of sp³-hybridized carbons (Fsp3) is 0.118. The predicted molar refractivity (Wildman–Crippen MR) is 79.2 cm³/mol. The van der Waals surface area contributed by atoms with E-state index in [4.69, 9.17) is 4.74 Å². The fourth-order valence-electron chi connectivity index (χ4n) is 2.33. The average Bonchev–Trinajstić information content (AvgIpc) is 2.93. The normalized spacial score (nSPS) is 10.7. The smallest absolute Gasteiger partial charge is 0.152 e. The SMILES string of the molecule is Cc1ccc(OCc2ccccc2)c2c(C=O)c[nH]c12. The molecular weight excluding hydrogens is 250 g/mol. The summed E-state index contributed by atoms with van der Waals surface area (Å²) in [5.74, 6) is 0.734. The minimum Gasteiger partial charge on any atom is -0.488 e. The second-order valence-corrected chi connectivity index (χ2v) is 4.77. The van der Waals surface area contributed by atoms with E-state index in [0.717, 1.165) is 34.1 Å². The number of fused-ring (bicyclic) bond motifs is 1. The first-order valence-electron chi connectivity index (χ1n) is 6.52. The number of carbonyl (C=O) groups excluding carboxylic acids is 1. The highest BCUT2D eigenvalue weighted by Crippen LogP contribution is 2.30. The zero-order valence-corrected chi connectivity index (χ0v) is 11.2.